The second-order valence-corrected chi connectivity index (χ2v) is 8.26. The fourth-order valence-corrected chi connectivity index (χ4v) is 2.84. The van der Waals surface area contributed by atoms with E-state index in [2.05, 4.69) is 49.7 Å². The lowest BCUT2D eigenvalue weighted by molar-refractivity contribution is 0.249. The minimum absolute atomic E-state index is 0.173. The predicted octanol–water partition coefficient (Wildman–Crippen LogP) is 5.12. The van der Waals surface area contributed by atoms with Crippen LogP contribution in [-0.2, 0) is 5.41 Å². The van der Waals surface area contributed by atoms with Gasteiger partial charge in [-0.15, -0.1) is 0 Å². The molecule has 2 heterocycles. The molecule has 5 heteroatoms. The first-order valence-corrected chi connectivity index (χ1v) is 9.35. The third-order valence-electron chi connectivity index (χ3n) is 4.51. The average Bonchev–Trinajstić information content (AvgIpc) is 3.27. The zero-order valence-corrected chi connectivity index (χ0v) is 16.0. The SMILES string of the molecule is CCCC(C)COc1cc(-c2noc(C(C)(C)C)n2)ncc1C1CC1. The van der Waals surface area contributed by atoms with Crippen molar-refractivity contribution in [2.75, 3.05) is 6.61 Å². The number of hydrogen-bond acceptors (Lipinski definition) is 5. The highest BCUT2D eigenvalue weighted by atomic mass is 16.5. The minimum atomic E-state index is -0.173. The molecule has 1 fully saturated rings. The van der Waals surface area contributed by atoms with Crippen molar-refractivity contribution in [3.05, 3.63) is 23.7 Å². The maximum absolute atomic E-state index is 6.16. The van der Waals surface area contributed by atoms with Crippen LogP contribution in [0.4, 0.5) is 0 Å². The van der Waals surface area contributed by atoms with Crippen LogP contribution in [0.25, 0.3) is 11.5 Å². The van der Waals surface area contributed by atoms with Gasteiger partial charge in [-0.2, -0.15) is 4.98 Å². The predicted molar refractivity (Wildman–Crippen MR) is 97.8 cm³/mol. The summed E-state index contributed by atoms with van der Waals surface area (Å²) < 4.78 is 11.6. The van der Waals surface area contributed by atoms with Gasteiger partial charge in [0.25, 0.3) is 0 Å². The summed E-state index contributed by atoms with van der Waals surface area (Å²) in [5, 5.41) is 4.10. The molecule has 2 aromatic heterocycles. The molecular weight excluding hydrogens is 314 g/mol. The Labute approximate surface area is 150 Å². The van der Waals surface area contributed by atoms with E-state index in [1.165, 1.54) is 31.2 Å². The second kappa shape index (κ2) is 7.14. The van der Waals surface area contributed by atoms with E-state index >= 15 is 0 Å². The van der Waals surface area contributed by atoms with Crippen molar-refractivity contribution < 1.29 is 9.26 Å². The fourth-order valence-electron chi connectivity index (χ4n) is 2.84. The van der Waals surface area contributed by atoms with E-state index < -0.39 is 0 Å². The molecule has 25 heavy (non-hydrogen) atoms. The summed E-state index contributed by atoms with van der Waals surface area (Å²) >= 11 is 0. The first-order chi connectivity index (χ1) is 11.9. The summed E-state index contributed by atoms with van der Waals surface area (Å²) in [7, 11) is 0. The summed E-state index contributed by atoms with van der Waals surface area (Å²) in [6.07, 6.45) is 6.73. The van der Waals surface area contributed by atoms with E-state index in [0.29, 0.717) is 29.2 Å². The zero-order chi connectivity index (χ0) is 18.0. The summed E-state index contributed by atoms with van der Waals surface area (Å²) in [6.45, 7) is 11.3. The zero-order valence-electron chi connectivity index (χ0n) is 16.0. The Kier molecular flexibility index (Phi) is 5.11. The van der Waals surface area contributed by atoms with Crippen molar-refractivity contribution in [3.8, 4) is 17.3 Å². The Morgan fingerprint density at radius 1 is 1.32 bits per heavy atom. The van der Waals surface area contributed by atoms with Gasteiger partial charge in [0.2, 0.25) is 11.7 Å². The Balaban J connectivity index is 1.83. The van der Waals surface area contributed by atoms with Crippen molar-refractivity contribution in [2.45, 2.75) is 71.6 Å². The standard InChI is InChI=1S/C20H29N3O2/c1-6-7-13(2)12-24-17-10-16(21-11-15(17)14-8-9-14)18-22-19(25-23-18)20(3,4)5/h10-11,13-14H,6-9,12H2,1-5H3. The van der Waals surface area contributed by atoms with Crippen LogP contribution in [0.15, 0.2) is 16.8 Å². The molecule has 1 aliphatic carbocycles. The van der Waals surface area contributed by atoms with Crippen LogP contribution in [0.3, 0.4) is 0 Å². The molecule has 1 atom stereocenters. The van der Waals surface area contributed by atoms with E-state index in [9.17, 15) is 0 Å². The molecule has 0 spiro atoms. The molecular formula is C20H29N3O2. The van der Waals surface area contributed by atoms with Gasteiger partial charge < -0.3 is 9.26 Å². The molecule has 2 aromatic rings. The summed E-state index contributed by atoms with van der Waals surface area (Å²) in [4.78, 5) is 9.08. The van der Waals surface area contributed by atoms with Crippen molar-refractivity contribution in [1.82, 2.24) is 15.1 Å². The van der Waals surface area contributed by atoms with E-state index in [1.807, 2.05) is 12.3 Å². The normalized spacial score (nSPS) is 16.0. The maximum atomic E-state index is 6.16. The molecule has 0 aliphatic heterocycles. The molecule has 0 radical (unpaired) electrons. The molecule has 0 saturated heterocycles. The average molecular weight is 343 g/mol. The summed E-state index contributed by atoms with van der Waals surface area (Å²) in [6, 6.07) is 1.98. The highest BCUT2D eigenvalue weighted by Gasteiger charge is 2.29. The van der Waals surface area contributed by atoms with Gasteiger partial charge in [-0.05, 0) is 31.1 Å². The van der Waals surface area contributed by atoms with Crippen molar-refractivity contribution in [3.63, 3.8) is 0 Å². The first kappa shape index (κ1) is 17.9. The molecule has 0 N–H and O–H groups in total. The monoisotopic (exact) mass is 343 g/mol. The maximum Gasteiger partial charge on any atom is 0.232 e. The summed E-state index contributed by atoms with van der Waals surface area (Å²) in [5.74, 6) is 3.21. The van der Waals surface area contributed by atoms with Crippen LogP contribution < -0.4 is 4.74 Å². The van der Waals surface area contributed by atoms with Crippen LogP contribution >= 0.6 is 0 Å². The fraction of sp³-hybridized carbons (Fsp3) is 0.650. The molecule has 1 aliphatic rings. The third kappa shape index (κ3) is 4.39. The van der Waals surface area contributed by atoms with Gasteiger partial charge in [0.05, 0.1) is 6.61 Å². The van der Waals surface area contributed by atoms with Gasteiger partial charge >= 0.3 is 0 Å². The van der Waals surface area contributed by atoms with Crippen LogP contribution in [0.2, 0.25) is 0 Å². The van der Waals surface area contributed by atoms with Gasteiger partial charge in [-0.3, -0.25) is 4.98 Å². The van der Waals surface area contributed by atoms with Gasteiger partial charge in [0.1, 0.15) is 11.4 Å². The second-order valence-electron chi connectivity index (χ2n) is 8.26. The van der Waals surface area contributed by atoms with Crippen molar-refractivity contribution >= 4 is 0 Å². The highest BCUT2D eigenvalue weighted by Crippen LogP contribution is 2.44. The number of hydrogen-bond donors (Lipinski definition) is 0. The number of ether oxygens (including phenoxy) is 1. The lowest BCUT2D eigenvalue weighted by Gasteiger charge is -2.15. The molecule has 0 bridgehead atoms. The molecule has 3 rings (SSSR count). The summed E-state index contributed by atoms with van der Waals surface area (Å²) in [5.41, 5.74) is 1.75. The van der Waals surface area contributed by atoms with Crippen molar-refractivity contribution in [1.29, 1.82) is 0 Å². The van der Waals surface area contributed by atoms with Crippen LogP contribution in [0.1, 0.15) is 77.7 Å². The Hall–Kier alpha value is -1.91. The Bertz CT molecular complexity index is 714. The largest absolute Gasteiger partial charge is 0.493 e. The van der Waals surface area contributed by atoms with E-state index in [-0.39, 0.29) is 5.41 Å². The number of pyridine rings is 1. The van der Waals surface area contributed by atoms with Crippen LogP contribution in [0.5, 0.6) is 5.75 Å². The van der Waals surface area contributed by atoms with Crippen LogP contribution in [-0.4, -0.2) is 21.7 Å². The number of aromatic nitrogens is 3. The van der Waals surface area contributed by atoms with E-state index in [0.717, 1.165) is 12.4 Å². The van der Waals surface area contributed by atoms with Gasteiger partial charge in [-0.25, -0.2) is 0 Å². The molecule has 0 amide bonds. The van der Waals surface area contributed by atoms with E-state index in [4.69, 9.17) is 9.26 Å². The van der Waals surface area contributed by atoms with E-state index in [1.54, 1.807) is 0 Å². The van der Waals surface area contributed by atoms with Gasteiger partial charge in [-0.1, -0.05) is 46.2 Å². The smallest absolute Gasteiger partial charge is 0.232 e. The lowest BCUT2D eigenvalue weighted by Crippen LogP contribution is -2.11. The molecule has 136 valence electrons. The van der Waals surface area contributed by atoms with Gasteiger partial charge in [0, 0.05) is 23.2 Å². The Morgan fingerprint density at radius 2 is 2.08 bits per heavy atom. The first-order valence-electron chi connectivity index (χ1n) is 9.35. The third-order valence-corrected chi connectivity index (χ3v) is 4.51. The quantitative estimate of drug-likeness (QED) is 0.698. The number of nitrogens with zero attached hydrogens (tertiary/aromatic N) is 3. The number of rotatable bonds is 7. The lowest BCUT2D eigenvalue weighted by atomic mass is 9.97. The minimum Gasteiger partial charge on any atom is -0.493 e. The topological polar surface area (TPSA) is 61.0 Å². The molecule has 1 saturated carbocycles. The molecule has 5 nitrogen and oxygen atoms in total. The molecule has 0 aromatic carbocycles. The highest BCUT2D eigenvalue weighted by molar-refractivity contribution is 5.54. The van der Waals surface area contributed by atoms with Gasteiger partial charge in [0.15, 0.2) is 0 Å². The van der Waals surface area contributed by atoms with Crippen LogP contribution in [0, 0.1) is 5.92 Å². The van der Waals surface area contributed by atoms with Crippen molar-refractivity contribution in [2.24, 2.45) is 5.92 Å². The molecule has 1 unspecified atom stereocenters. The Morgan fingerprint density at radius 3 is 2.68 bits per heavy atom.